The van der Waals surface area contributed by atoms with Gasteiger partial charge in [-0.05, 0) is 58.6 Å². The first-order valence-corrected chi connectivity index (χ1v) is 8.60. The van der Waals surface area contributed by atoms with Crippen molar-refractivity contribution in [2.75, 3.05) is 0 Å². The molecule has 21 heavy (non-hydrogen) atoms. The number of benzene rings is 1. The Balaban J connectivity index is 2.10. The van der Waals surface area contributed by atoms with Crippen molar-refractivity contribution in [1.82, 2.24) is 5.32 Å². The topological polar surface area (TPSA) is 55.1 Å². The zero-order valence-electron chi connectivity index (χ0n) is 13.2. The molecule has 3 nitrogen and oxygen atoms in total. The molecule has 0 spiro atoms. The zero-order valence-corrected chi connectivity index (χ0v) is 14.0. The quantitative estimate of drug-likeness (QED) is 0.878. The summed E-state index contributed by atoms with van der Waals surface area (Å²) in [4.78, 5) is 13.3. The lowest BCUT2D eigenvalue weighted by atomic mass is 9.80. The Kier molecular flexibility index (Phi) is 5.33. The Labute approximate surface area is 132 Å². The number of hydrogen-bond donors (Lipinski definition) is 2. The van der Waals surface area contributed by atoms with Gasteiger partial charge in [0.2, 0.25) is 5.91 Å². The molecule has 1 saturated carbocycles. The van der Waals surface area contributed by atoms with Crippen molar-refractivity contribution in [3.8, 4) is 0 Å². The second kappa shape index (κ2) is 6.84. The fourth-order valence-corrected chi connectivity index (χ4v) is 4.63. The lowest BCUT2D eigenvalue weighted by Gasteiger charge is -2.40. The molecule has 1 amide bonds. The lowest BCUT2D eigenvalue weighted by Crippen LogP contribution is -2.60. The first kappa shape index (κ1) is 16.4. The number of hydrogen-bond acceptors (Lipinski definition) is 3. The summed E-state index contributed by atoms with van der Waals surface area (Å²) >= 11 is 1.88. The van der Waals surface area contributed by atoms with Crippen LogP contribution in [0, 0.1) is 6.92 Å². The van der Waals surface area contributed by atoms with E-state index in [4.69, 9.17) is 5.73 Å². The Bertz CT molecular complexity index is 503. The van der Waals surface area contributed by atoms with Gasteiger partial charge in [-0.2, -0.15) is 0 Å². The zero-order chi connectivity index (χ0) is 15.5. The maximum atomic E-state index is 12.0. The van der Waals surface area contributed by atoms with Crippen LogP contribution in [0.15, 0.2) is 29.2 Å². The second-order valence-electron chi connectivity index (χ2n) is 6.40. The molecule has 2 unspecified atom stereocenters. The Morgan fingerprint density at radius 3 is 2.86 bits per heavy atom. The molecule has 3 N–H and O–H groups in total. The van der Waals surface area contributed by atoms with E-state index < -0.39 is 5.54 Å². The monoisotopic (exact) mass is 306 g/mol. The summed E-state index contributed by atoms with van der Waals surface area (Å²) in [6.07, 6.45) is 3.87. The molecule has 4 heteroatoms. The average Bonchev–Trinajstić information content (AvgIpc) is 2.38. The van der Waals surface area contributed by atoms with Crippen LogP contribution in [-0.2, 0) is 4.79 Å². The van der Waals surface area contributed by atoms with Crippen LogP contribution in [0.25, 0.3) is 0 Å². The normalized spacial score (nSPS) is 26.0. The van der Waals surface area contributed by atoms with Gasteiger partial charge in [0.1, 0.15) is 0 Å². The Morgan fingerprint density at radius 1 is 1.48 bits per heavy atom. The van der Waals surface area contributed by atoms with Crippen molar-refractivity contribution < 1.29 is 4.79 Å². The van der Waals surface area contributed by atoms with Crippen LogP contribution < -0.4 is 11.1 Å². The predicted molar refractivity (Wildman–Crippen MR) is 89.5 cm³/mol. The molecule has 0 aromatic heterocycles. The van der Waals surface area contributed by atoms with Crippen LogP contribution >= 0.6 is 11.8 Å². The predicted octanol–water partition coefficient (Wildman–Crippen LogP) is 3.25. The van der Waals surface area contributed by atoms with Crippen molar-refractivity contribution in [3.63, 3.8) is 0 Å². The molecule has 1 aromatic carbocycles. The number of thioether (sulfide) groups is 1. The molecule has 116 valence electrons. The van der Waals surface area contributed by atoms with Gasteiger partial charge in [0.15, 0.2) is 0 Å². The van der Waals surface area contributed by atoms with Gasteiger partial charge in [-0.25, -0.2) is 0 Å². The van der Waals surface area contributed by atoms with E-state index in [1.165, 1.54) is 10.5 Å². The SMILES string of the molecule is Cc1cccc(SC2CCCC(NC(C)C)(C(N)=O)C2)c1. The number of carbonyl (C=O) groups is 1. The van der Waals surface area contributed by atoms with Gasteiger partial charge >= 0.3 is 0 Å². The highest BCUT2D eigenvalue weighted by Crippen LogP contribution is 2.38. The lowest BCUT2D eigenvalue weighted by molar-refractivity contribution is -0.126. The summed E-state index contributed by atoms with van der Waals surface area (Å²) in [5.41, 5.74) is 6.46. The van der Waals surface area contributed by atoms with E-state index in [2.05, 4.69) is 50.4 Å². The van der Waals surface area contributed by atoms with Gasteiger partial charge in [0.05, 0.1) is 5.54 Å². The van der Waals surface area contributed by atoms with E-state index in [0.29, 0.717) is 5.25 Å². The van der Waals surface area contributed by atoms with Crippen LogP contribution in [0.5, 0.6) is 0 Å². The summed E-state index contributed by atoms with van der Waals surface area (Å²) < 4.78 is 0. The minimum atomic E-state index is -0.534. The number of aryl methyl sites for hydroxylation is 1. The Morgan fingerprint density at radius 2 is 2.24 bits per heavy atom. The third kappa shape index (κ3) is 4.24. The van der Waals surface area contributed by atoms with Gasteiger partial charge in [0, 0.05) is 16.2 Å². The average molecular weight is 306 g/mol. The first-order valence-electron chi connectivity index (χ1n) is 7.72. The third-order valence-electron chi connectivity index (χ3n) is 4.03. The molecule has 0 aliphatic heterocycles. The number of rotatable bonds is 5. The van der Waals surface area contributed by atoms with E-state index in [9.17, 15) is 4.79 Å². The van der Waals surface area contributed by atoms with Gasteiger partial charge in [-0.3, -0.25) is 4.79 Å². The maximum Gasteiger partial charge on any atom is 0.237 e. The highest BCUT2D eigenvalue weighted by atomic mass is 32.2. The molecule has 1 aliphatic rings. The molecule has 1 aromatic rings. The van der Waals surface area contributed by atoms with Gasteiger partial charge in [-0.1, -0.05) is 17.7 Å². The van der Waals surface area contributed by atoms with E-state index in [1.54, 1.807) is 0 Å². The minimum absolute atomic E-state index is 0.203. The van der Waals surface area contributed by atoms with Crippen LogP contribution in [0.1, 0.15) is 45.1 Å². The fourth-order valence-electron chi connectivity index (χ4n) is 3.18. The number of primary amides is 1. The molecule has 1 fully saturated rings. The van der Waals surface area contributed by atoms with Gasteiger partial charge in [-0.15, -0.1) is 11.8 Å². The van der Waals surface area contributed by atoms with Crippen LogP contribution in [0.4, 0.5) is 0 Å². The standard InChI is InChI=1S/C17H26N2OS/c1-12(2)19-17(16(18)20)9-5-8-15(11-17)21-14-7-4-6-13(3)10-14/h4,6-7,10,12,15,19H,5,8-9,11H2,1-3H3,(H2,18,20). The molecular weight excluding hydrogens is 280 g/mol. The smallest absolute Gasteiger partial charge is 0.237 e. The highest BCUT2D eigenvalue weighted by Gasteiger charge is 2.41. The van der Waals surface area contributed by atoms with E-state index in [-0.39, 0.29) is 11.9 Å². The van der Waals surface area contributed by atoms with Crippen molar-refractivity contribution in [2.45, 2.75) is 68.2 Å². The molecule has 1 aliphatic carbocycles. The van der Waals surface area contributed by atoms with Crippen molar-refractivity contribution in [3.05, 3.63) is 29.8 Å². The highest BCUT2D eigenvalue weighted by molar-refractivity contribution is 8.00. The van der Waals surface area contributed by atoms with E-state index in [0.717, 1.165) is 25.7 Å². The summed E-state index contributed by atoms with van der Waals surface area (Å²) in [6, 6.07) is 8.82. The largest absolute Gasteiger partial charge is 0.368 e. The molecule has 0 radical (unpaired) electrons. The number of nitrogens with two attached hydrogens (primary N) is 1. The van der Waals surface area contributed by atoms with Gasteiger partial charge < -0.3 is 11.1 Å². The van der Waals surface area contributed by atoms with Crippen molar-refractivity contribution >= 4 is 17.7 Å². The summed E-state index contributed by atoms with van der Waals surface area (Å²) in [5.74, 6) is -0.203. The summed E-state index contributed by atoms with van der Waals surface area (Å²) in [6.45, 7) is 6.25. The summed E-state index contributed by atoms with van der Waals surface area (Å²) in [5, 5.41) is 3.88. The molecular formula is C17H26N2OS. The number of carbonyl (C=O) groups excluding carboxylic acids is 1. The molecule has 0 saturated heterocycles. The maximum absolute atomic E-state index is 12.0. The third-order valence-corrected chi connectivity index (χ3v) is 5.30. The van der Waals surface area contributed by atoms with E-state index in [1.807, 2.05) is 11.8 Å². The van der Waals surface area contributed by atoms with E-state index >= 15 is 0 Å². The molecule has 0 bridgehead atoms. The summed E-state index contributed by atoms with van der Waals surface area (Å²) in [7, 11) is 0. The molecule has 2 atom stereocenters. The number of nitrogens with one attached hydrogen (secondary N) is 1. The number of amides is 1. The van der Waals surface area contributed by atoms with Crippen molar-refractivity contribution in [1.29, 1.82) is 0 Å². The second-order valence-corrected chi connectivity index (χ2v) is 7.77. The van der Waals surface area contributed by atoms with Crippen molar-refractivity contribution in [2.24, 2.45) is 5.73 Å². The van der Waals surface area contributed by atoms with Crippen LogP contribution in [0.3, 0.4) is 0 Å². The fraction of sp³-hybridized carbons (Fsp3) is 0.588. The minimum Gasteiger partial charge on any atom is -0.368 e. The Hall–Kier alpha value is -1.00. The molecule has 0 heterocycles. The van der Waals surface area contributed by atoms with Crippen LogP contribution in [0.2, 0.25) is 0 Å². The molecule has 2 rings (SSSR count). The van der Waals surface area contributed by atoms with Crippen LogP contribution in [-0.4, -0.2) is 22.7 Å². The first-order chi connectivity index (χ1) is 9.91. The van der Waals surface area contributed by atoms with Gasteiger partial charge in [0.25, 0.3) is 0 Å².